The third-order valence-electron chi connectivity index (χ3n) is 2.51. The van der Waals surface area contributed by atoms with Crippen LogP contribution in [0.1, 0.15) is 28.3 Å². The van der Waals surface area contributed by atoms with Crippen molar-refractivity contribution in [2.75, 3.05) is 13.2 Å². The Balaban J connectivity index is 1.83. The molecule has 0 spiro atoms. The Morgan fingerprint density at radius 1 is 1.38 bits per heavy atom. The number of aliphatic hydroxyl groups is 1. The average molecular weight is 286 g/mol. The molecular formula is C14H14N4O3. The van der Waals surface area contributed by atoms with Gasteiger partial charge in [-0.1, -0.05) is 17.0 Å². The Morgan fingerprint density at radius 2 is 2.29 bits per heavy atom. The second-order valence-corrected chi connectivity index (χ2v) is 4.06. The Bertz CT molecular complexity index is 626. The second kappa shape index (κ2) is 7.77. The first-order valence-corrected chi connectivity index (χ1v) is 6.39. The van der Waals surface area contributed by atoms with Crippen molar-refractivity contribution in [2.24, 2.45) is 0 Å². The largest absolute Gasteiger partial charge is 0.395 e. The molecule has 7 nitrogen and oxygen atoms in total. The molecule has 2 N–H and O–H groups in total. The van der Waals surface area contributed by atoms with Crippen LogP contribution in [0.25, 0.3) is 0 Å². The highest BCUT2D eigenvalue weighted by Crippen LogP contribution is 1.99. The van der Waals surface area contributed by atoms with Crippen molar-refractivity contribution in [3.05, 3.63) is 41.8 Å². The molecule has 21 heavy (non-hydrogen) atoms. The first kappa shape index (κ1) is 14.7. The van der Waals surface area contributed by atoms with Gasteiger partial charge in [0.05, 0.1) is 6.61 Å². The average Bonchev–Trinajstić information content (AvgIpc) is 3.01. The van der Waals surface area contributed by atoms with Crippen LogP contribution in [-0.4, -0.2) is 39.3 Å². The van der Waals surface area contributed by atoms with Gasteiger partial charge in [0.25, 0.3) is 5.91 Å². The summed E-state index contributed by atoms with van der Waals surface area (Å²) < 4.78 is 4.60. The van der Waals surface area contributed by atoms with Crippen LogP contribution in [0.3, 0.4) is 0 Å². The second-order valence-electron chi connectivity index (χ2n) is 4.06. The van der Waals surface area contributed by atoms with Crippen LogP contribution in [0.2, 0.25) is 0 Å². The molecule has 7 heteroatoms. The van der Waals surface area contributed by atoms with E-state index in [1.807, 2.05) is 0 Å². The van der Waals surface area contributed by atoms with Gasteiger partial charge in [-0.2, -0.15) is 4.98 Å². The normalized spacial score (nSPS) is 9.76. The summed E-state index contributed by atoms with van der Waals surface area (Å²) in [4.78, 5) is 19.7. The number of carbonyl (C=O) groups is 1. The molecular weight excluding hydrogens is 272 g/mol. The van der Waals surface area contributed by atoms with Gasteiger partial charge in [-0.25, -0.2) is 4.98 Å². The zero-order chi connectivity index (χ0) is 14.9. The summed E-state index contributed by atoms with van der Waals surface area (Å²) in [7, 11) is 0. The minimum atomic E-state index is -0.270. The van der Waals surface area contributed by atoms with Crippen LogP contribution in [0.5, 0.6) is 0 Å². The highest BCUT2D eigenvalue weighted by atomic mass is 16.5. The molecule has 2 aromatic rings. The highest BCUT2D eigenvalue weighted by molar-refractivity contribution is 5.92. The van der Waals surface area contributed by atoms with Crippen LogP contribution >= 0.6 is 0 Å². The first-order chi connectivity index (χ1) is 10.3. The Hall–Kier alpha value is -2.72. The van der Waals surface area contributed by atoms with Crippen molar-refractivity contribution in [1.82, 2.24) is 20.4 Å². The first-order valence-electron chi connectivity index (χ1n) is 6.39. The van der Waals surface area contributed by atoms with E-state index in [0.29, 0.717) is 36.5 Å². The number of amides is 1. The number of nitrogens with one attached hydrogen (secondary N) is 1. The van der Waals surface area contributed by atoms with Gasteiger partial charge in [-0.05, 0) is 12.1 Å². The predicted octanol–water partition coefficient (Wildman–Crippen LogP) is 0.171. The fourth-order valence-electron chi connectivity index (χ4n) is 1.50. The number of carbonyl (C=O) groups excluding carboxylic acids is 1. The standard InChI is InChI=1S/C14H14N4O3/c19-8-2-1-3-11-4-5-12(16-9-11)14(20)15-7-6-13-17-10-21-18-13/h4-5,9-10,19H,2,6-8H2,(H,15,20). The summed E-state index contributed by atoms with van der Waals surface area (Å²) >= 11 is 0. The number of hydrogen-bond donors (Lipinski definition) is 2. The molecule has 108 valence electrons. The van der Waals surface area contributed by atoms with Gasteiger partial charge in [0.1, 0.15) is 5.69 Å². The Labute approximate surface area is 121 Å². The van der Waals surface area contributed by atoms with Crippen LogP contribution in [0.4, 0.5) is 0 Å². The number of pyridine rings is 1. The zero-order valence-corrected chi connectivity index (χ0v) is 11.2. The zero-order valence-electron chi connectivity index (χ0n) is 11.2. The van der Waals surface area contributed by atoms with Gasteiger partial charge in [0.15, 0.2) is 5.82 Å². The van der Waals surface area contributed by atoms with E-state index in [0.717, 1.165) is 0 Å². The Kier molecular flexibility index (Phi) is 5.43. The monoisotopic (exact) mass is 286 g/mol. The number of aromatic nitrogens is 3. The van der Waals surface area contributed by atoms with E-state index >= 15 is 0 Å². The summed E-state index contributed by atoms with van der Waals surface area (Å²) in [5.74, 6) is 5.90. The third-order valence-corrected chi connectivity index (χ3v) is 2.51. The fourth-order valence-corrected chi connectivity index (χ4v) is 1.50. The van der Waals surface area contributed by atoms with Crippen molar-refractivity contribution in [1.29, 1.82) is 0 Å². The van der Waals surface area contributed by atoms with E-state index in [-0.39, 0.29) is 12.5 Å². The lowest BCUT2D eigenvalue weighted by Gasteiger charge is -2.02. The predicted molar refractivity (Wildman–Crippen MR) is 73.2 cm³/mol. The van der Waals surface area contributed by atoms with Gasteiger partial charge < -0.3 is 14.9 Å². The smallest absolute Gasteiger partial charge is 0.269 e. The summed E-state index contributed by atoms with van der Waals surface area (Å²) in [6, 6.07) is 3.32. The maximum atomic E-state index is 11.8. The topological polar surface area (TPSA) is 101 Å². The van der Waals surface area contributed by atoms with Crippen LogP contribution < -0.4 is 5.32 Å². The van der Waals surface area contributed by atoms with E-state index in [2.05, 4.69) is 36.8 Å². The number of aliphatic hydroxyl groups excluding tert-OH is 1. The molecule has 0 unspecified atom stereocenters. The molecule has 0 atom stereocenters. The fraction of sp³-hybridized carbons (Fsp3) is 0.286. The van der Waals surface area contributed by atoms with E-state index in [1.165, 1.54) is 12.6 Å². The molecule has 0 saturated heterocycles. The summed E-state index contributed by atoms with van der Waals surface area (Å²) in [5.41, 5.74) is 1.02. The minimum Gasteiger partial charge on any atom is -0.395 e. The third kappa shape index (κ3) is 4.71. The molecule has 0 fully saturated rings. The Morgan fingerprint density at radius 3 is 2.95 bits per heavy atom. The molecule has 0 saturated carbocycles. The molecule has 2 heterocycles. The molecule has 0 radical (unpaired) electrons. The molecule has 2 aromatic heterocycles. The van der Waals surface area contributed by atoms with E-state index < -0.39 is 0 Å². The maximum Gasteiger partial charge on any atom is 0.269 e. The SMILES string of the molecule is O=C(NCCc1ncon1)c1ccc(C#CCCO)cn1. The lowest BCUT2D eigenvalue weighted by molar-refractivity contribution is 0.0949. The van der Waals surface area contributed by atoms with Gasteiger partial charge >= 0.3 is 0 Å². The van der Waals surface area contributed by atoms with Gasteiger partial charge in [-0.15, -0.1) is 0 Å². The van der Waals surface area contributed by atoms with E-state index in [9.17, 15) is 4.79 Å². The lowest BCUT2D eigenvalue weighted by atomic mass is 10.2. The summed E-state index contributed by atoms with van der Waals surface area (Å²) in [6.45, 7) is 0.430. The maximum absolute atomic E-state index is 11.8. The van der Waals surface area contributed by atoms with Gasteiger partial charge in [-0.3, -0.25) is 4.79 Å². The molecule has 0 bridgehead atoms. The molecule has 0 aromatic carbocycles. The molecule has 1 amide bonds. The quantitative estimate of drug-likeness (QED) is 0.760. The van der Waals surface area contributed by atoms with Crippen molar-refractivity contribution in [3.8, 4) is 11.8 Å². The molecule has 0 aliphatic heterocycles. The molecule has 0 aliphatic rings. The van der Waals surface area contributed by atoms with Crippen molar-refractivity contribution >= 4 is 5.91 Å². The van der Waals surface area contributed by atoms with Crippen molar-refractivity contribution in [3.63, 3.8) is 0 Å². The minimum absolute atomic E-state index is 0.0291. The number of rotatable bonds is 5. The van der Waals surface area contributed by atoms with Gasteiger partial charge in [0, 0.05) is 31.1 Å². The van der Waals surface area contributed by atoms with E-state index in [1.54, 1.807) is 12.1 Å². The highest BCUT2D eigenvalue weighted by Gasteiger charge is 2.07. The van der Waals surface area contributed by atoms with Crippen LogP contribution in [0.15, 0.2) is 29.2 Å². The summed E-state index contributed by atoms with van der Waals surface area (Å²) in [5, 5.41) is 15.0. The number of hydrogen-bond acceptors (Lipinski definition) is 6. The lowest BCUT2D eigenvalue weighted by Crippen LogP contribution is -2.26. The van der Waals surface area contributed by atoms with Crippen molar-refractivity contribution < 1.29 is 14.4 Å². The molecule has 0 aliphatic carbocycles. The number of nitrogens with zero attached hydrogens (tertiary/aromatic N) is 3. The molecule has 2 rings (SSSR count). The van der Waals surface area contributed by atoms with Crippen LogP contribution in [-0.2, 0) is 6.42 Å². The van der Waals surface area contributed by atoms with E-state index in [4.69, 9.17) is 5.11 Å². The van der Waals surface area contributed by atoms with Crippen molar-refractivity contribution in [2.45, 2.75) is 12.8 Å². The summed E-state index contributed by atoms with van der Waals surface area (Å²) in [6.07, 6.45) is 3.68. The van der Waals surface area contributed by atoms with Crippen LogP contribution in [0, 0.1) is 11.8 Å². The van der Waals surface area contributed by atoms with Gasteiger partial charge in [0.2, 0.25) is 6.39 Å².